The van der Waals surface area contributed by atoms with Gasteiger partial charge in [0, 0.05) is 30.5 Å². The highest BCUT2D eigenvalue weighted by molar-refractivity contribution is 6.31. The molecule has 1 saturated heterocycles. The highest BCUT2D eigenvalue weighted by atomic mass is 35.5. The number of halogens is 1. The van der Waals surface area contributed by atoms with Crippen molar-refractivity contribution in [1.82, 2.24) is 4.90 Å². The van der Waals surface area contributed by atoms with Gasteiger partial charge in [-0.25, -0.2) is 0 Å². The van der Waals surface area contributed by atoms with E-state index >= 15 is 0 Å². The van der Waals surface area contributed by atoms with Gasteiger partial charge in [-0.3, -0.25) is 4.79 Å². The Hall–Kier alpha value is -1.28. The summed E-state index contributed by atoms with van der Waals surface area (Å²) in [6.45, 7) is 7.10. The molecule has 0 bridgehead atoms. The first-order valence-electron chi connectivity index (χ1n) is 5.75. The van der Waals surface area contributed by atoms with Crippen LogP contribution < -0.4 is 0 Å². The molecule has 2 nitrogen and oxygen atoms in total. The Morgan fingerprint density at radius 3 is 2.94 bits per heavy atom. The molecule has 1 unspecified atom stereocenters. The molecule has 0 radical (unpaired) electrons. The first-order chi connectivity index (χ1) is 8.10. The number of carbonyl (C=O) groups is 1. The van der Waals surface area contributed by atoms with E-state index in [9.17, 15) is 4.79 Å². The second kappa shape index (κ2) is 4.92. The molecule has 17 heavy (non-hydrogen) atoms. The van der Waals surface area contributed by atoms with Gasteiger partial charge in [0.25, 0.3) is 0 Å². The molecule has 1 heterocycles. The molecule has 1 fully saturated rings. The van der Waals surface area contributed by atoms with E-state index in [4.69, 9.17) is 11.6 Å². The third-order valence-electron chi connectivity index (χ3n) is 3.15. The Kier molecular flexibility index (Phi) is 3.53. The quantitative estimate of drug-likeness (QED) is 0.754. The van der Waals surface area contributed by atoms with Gasteiger partial charge in [0.15, 0.2) is 0 Å². The maximum absolute atomic E-state index is 11.8. The summed E-state index contributed by atoms with van der Waals surface area (Å²) in [7, 11) is 0. The molecule has 1 aromatic rings. The van der Waals surface area contributed by atoms with Gasteiger partial charge < -0.3 is 4.90 Å². The maximum Gasteiger partial charge on any atom is 0.223 e. The van der Waals surface area contributed by atoms with Crippen LogP contribution >= 0.6 is 11.6 Å². The smallest absolute Gasteiger partial charge is 0.223 e. The highest BCUT2D eigenvalue weighted by Crippen LogP contribution is 2.24. The van der Waals surface area contributed by atoms with Crippen molar-refractivity contribution in [3.8, 4) is 0 Å². The molecule has 3 heteroatoms. The van der Waals surface area contributed by atoms with Crippen molar-refractivity contribution in [2.75, 3.05) is 6.54 Å². The van der Waals surface area contributed by atoms with E-state index < -0.39 is 0 Å². The molecular weight excluding hydrogens is 234 g/mol. The molecule has 1 aliphatic heterocycles. The number of benzene rings is 1. The summed E-state index contributed by atoms with van der Waals surface area (Å²) in [4.78, 5) is 13.6. The summed E-state index contributed by atoms with van der Waals surface area (Å²) < 4.78 is 0. The van der Waals surface area contributed by atoms with Crippen molar-refractivity contribution in [1.29, 1.82) is 0 Å². The van der Waals surface area contributed by atoms with E-state index in [1.54, 1.807) is 0 Å². The maximum atomic E-state index is 11.8. The third kappa shape index (κ3) is 2.70. The largest absolute Gasteiger partial charge is 0.338 e. The van der Waals surface area contributed by atoms with Gasteiger partial charge >= 0.3 is 0 Å². The van der Waals surface area contributed by atoms with Gasteiger partial charge in [-0.2, -0.15) is 0 Å². The number of aryl methyl sites for hydroxylation is 1. The minimum absolute atomic E-state index is 0.187. The Balaban J connectivity index is 2.11. The highest BCUT2D eigenvalue weighted by Gasteiger charge is 2.27. The lowest BCUT2D eigenvalue weighted by Crippen LogP contribution is -2.24. The topological polar surface area (TPSA) is 20.3 Å². The van der Waals surface area contributed by atoms with Gasteiger partial charge in [-0.1, -0.05) is 29.8 Å². The number of amides is 1. The Labute approximate surface area is 107 Å². The number of rotatable bonds is 3. The van der Waals surface area contributed by atoms with Crippen LogP contribution in [0, 0.1) is 12.8 Å². The SMILES string of the molecule is C=CC1CC(=O)N(Cc2ccc(C)cc2Cl)C1. The predicted octanol–water partition coefficient (Wildman–Crippen LogP) is 3.18. The zero-order valence-corrected chi connectivity index (χ0v) is 10.7. The van der Waals surface area contributed by atoms with Crippen LogP contribution in [0.2, 0.25) is 5.02 Å². The van der Waals surface area contributed by atoms with Crippen molar-refractivity contribution in [3.63, 3.8) is 0 Å². The van der Waals surface area contributed by atoms with Crippen LogP contribution in [0.1, 0.15) is 17.5 Å². The second-order valence-corrected chi connectivity index (χ2v) is 4.98. The fourth-order valence-electron chi connectivity index (χ4n) is 2.10. The normalized spacial score (nSPS) is 19.8. The number of carbonyl (C=O) groups excluding carboxylic acids is 1. The van der Waals surface area contributed by atoms with E-state index in [2.05, 4.69) is 6.58 Å². The molecule has 2 rings (SSSR count). The summed E-state index contributed by atoms with van der Waals surface area (Å²) in [5.74, 6) is 0.471. The molecule has 0 aliphatic carbocycles. The third-order valence-corrected chi connectivity index (χ3v) is 3.50. The van der Waals surface area contributed by atoms with E-state index in [-0.39, 0.29) is 11.8 Å². The van der Waals surface area contributed by atoms with Crippen molar-refractivity contribution < 1.29 is 4.79 Å². The first-order valence-corrected chi connectivity index (χ1v) is 6.13. The van der Waals surface area contributed by atoms with E-state index in [0.29, 0.717) is 13.0 Å². The standard InChI is InChI=1S/C14H16ClNO/c1-3-11-7-14(17)16(8-11)9-12-5-4-10(2)6-13(12)15/h3-6,11H,1,7-9H2,2H3. The lowest BCUT2D eigenvalue weighted by Gasteiger charge is -2.17. The van der Waals surface area contributed by atoms with Crippen molar-refractivity contribution in [3.05, 3.63) is 47.0 Å². The Bertz CT molecular complexity index is 456. The van der Waals surface area contributed by atoms with Crippen LogP contribution in [0.3, 0.4) is 0 Å². The molecule has 90 valence electrons. The van der Waals surface area contributed by atoms with Crippen molar-refractivity contribution >= 4 is 17.5 Å². The number of hydrogen-bond acceptors (Lipinski definition) is 1. The summed E-state index contributed by atoms with van der Waals surface area (Å²) in [6.07, 6.45) is 2.43. The molecule has 0 saturated carbocycles. The summed E-state index contributed by atoms with van der Waals surface area (Å²) in [5.41, 5.74) is 2.14. The fourth-order valence-corrected chi connectivity index (χ4v) is 2.39. The van der Waals surface area contributed by atoms with E-state index in [1.807, 2.05) is 36.1 Å². The average Bonchev–Trinajstić information content (AvgIpc) is 2.64. The molecule has 1 atom stereocenters. The number of likely N-dealkylation sites (tertiary alicyclic amines) is 1. The molecule has 1 aliphatic rings. The van der Waals surface area contributed by atoms with Crippen LogP contribution in [0.15, 0.2) is 30.9 Å². The van der Waals surface area contributed by atoms with Crippen molar-refractivity contribution in [2.45, 2.75) is 19.9 Å². The Morgan fingerprint density at radius 2 is 2.35 bits per heavy atom. The molecule has 1 amide bonds. The molecular formula is C14H16ClNO. The van der Waals surface area contributed by atoms with Crippen molar-refractivity contribution in [2.24, 2.45) is 5.92 Å². The van der Waals surface area contributed by atoms with Gasteiger partial charge in [0.05, 0.1) is 0 Å². The molecule has 0 spiro atoms. The monoisotopic (exact) mass is 249 g/mol. The second-order valence-electron chi connectivity index (χ2n) is 4.57. The van der Waals surface area contributed by atoms with Gasteiger partial charge in [-0.15, -0.1) is 6.58 Å². The summed E-state index contributed by atoms with van der Waals surface area (Å²) in [5, 5.41) is 0.736. The zero-order chi connectivity index (χ0) is 12.4. The lowest BCUT2D eigenvalue weighted by atomic mass is 10.1. The van der Waals surface area contributed by atoms with Crippen LogP contribution in [-0.4, -0.2) is 17.4 Å². The number of hydrogen-bond donors (Lipinski definition) is 0. The van der Waals surface area contributed by atoms with Crippen LogP contribution in [0.5, 0.6) is 0 Å². The summed E-state index contributed by atoms with van der Waals surface area (Å²) in [6, 6.07) is 5.95. The minimum atomic E-state index is 0.187. The average molecular weight is 250 g/mol. The van der Waals surface area contributed by atoms with Gasteiger partial charge in [0.2, 0.25) is 5.91 Å². The predicted molar refractivity (Wildman–Crippen MR) is 69.9 cm³/mol. The fraction of sp³-hybridized carbons (Fsp3) is 0.357. The molecule has 0 N–H and O–H groups in total. The first kappa shape index (κ1) is 12.2. The van der Waals surface area contributed by atoms with Crippen LogP contribution in [-0.2, 0) is 11.3 Å². The zero-order valence-electron chi connectivity index (χ0n) is 9.95. The number of nitrogens with zero attached hydrogens (tertiary/aromatic N) is 1. The molecule has 1 aromatic carbocycles. The minimum Gasteiger partial charge on any atom is -0.338 e. The Morgan fingerprint density at radius 1 is 1.59 bits per heavy atom. The summed E-state index contributed by atoms with van der Waals surface area (Å²) >= 11 is 6.17. The van der Waals surface area contributed by atoms with Crippen LogP contribution in [0.25, 0.3) is 0 Å². The lowest BCUT2D eigenvalue weighted by molar-refractivity contribution is -0.128. The van der Waals surface area contributed by atoms with E-state index in [0.717, 1.165) is 22.7 Å². The molecule has 0 aromatic heterocycles. The van der Waals surface area contributed by atoms with E-state index in [1.165, 1.54) is 0 Å². The van der Waals surface area contributed by atoms with Gasteiger partial charge in [-0.05, 0) is 24.1 Å². The van der Waals surface area contributed by atoms with Gasteiger partial charge in [0.1, 0.15) is 0 Å². The van der Waals surface area contributed by atoms with Crippen LogP contribution in [0.4, 0.5) is 0 Å².